The van der Waals surface area contributed by atoms with Crippen molar-refractivity contribution in [3.05, 3.63) is 64.1 Å². The van der Waals surface area contributed by atoms with Gasteiger partial charge < -0.3 is 14.7 Å². The van der Waals surface area contributed by atoms with Crippen LogP contribution in [0.25, 0.3) is 0 Å². The molecule has 1 amide bonds. The summed E-state index contributed by atoms with van der Waals surface area (Å²) in [6, 6.07) is 16.5. The van der Waals surface area contributed by atoms with Crippen LogP contribution in [-0.4, -0.2) is 53.8 Å². The summed E-state index contributed by atoms with van der Waals surface area (Å²) >= 11 is 3.41. The second kappa shape index (κ2) is 9.05. The van der Waals surface area contributed by atoms with Crippen molar-refractivity contribution in [3.8, 4) is 5.75 Å². The van der Waals surface area contributed by atoms with E-state index in [1.54, 1.807) is 0 Å². The van der Waals surface area contributed by atoms with Crippen molar-refractivity contribution in [1.82, 2.24) is 9.80 Å². The Kier molecular flexibility index (Phi) is 6.52. The van der Waals surface area contributed by atoms with Crippen LogP contribution in [0.4, 0.5) is 4.79 Å². The standard InChI is InChI=1S/C20H23BrN2O3/c21-18-5-7-19(8-6-18)26-14-9-16-1-3-17(4-2-16)15-22-10-12-23(13-11-22)20(24)25/h1-8H,9-15H2,(H,24,25). The predicted octanol–water partition coefficient (Wildman–Crippen LogP) is 3.87. The highest BCUT2D eigenvalue weighted by Crippen LogP contribution is 2.16. The first kappa shape index (κ1) is 18.7. The Balaban J connectivity index is 1.42. The third-order valence-corrected chi connectivity index (χ3v) is 5.07. The molecule has 0 spiro atoms. The molecule has 0 aromatic heterocycles. The van der Waals surface area contributed by atoms with Gasteiger partial charge in [-0.05, 0) is 35.4 Å². The zero-order chi connectivity index (χ0) is 18.4. The average molecular weight is 419 g/mol. The topological polar surface area (TPSA) is 53.0 Å². The van der Waals surface area contributed by atoms with E-state index in [2.05, 4.69) is 45.1 Å². The fourth-order valence-electron chi connectivity index (χ4n) is 2.98. The molecule has 1 aliphatic rings. The van der Waals surface area contributed by atoms with E-state index < -0.39 is 6.09 Å². The number of amides is 1. The van der Waals surface area contributed by atoms with Gasteiger partial charge in [-0.2, -0.15) is 0 Å². The lowest BCUT2D eigenvalue weighted by Gasteiger charge is -2.33. The number of ether oxygens (including phenoxy) is 1. The van der Waals surface area contributed by atoms with E-state index in [1.807, 2.05) is 24.3 Å². The molecule has 0 unspecified atom stereocenters. The summed E-state index contributed by atoms with van der Waals surface area (Å²) in [5.41, 5.74) is 2.51. The summed E-state index contributed by atoms with van der Waals surface area (Å²) in [7, 11) is 0. The smallest absolute Gasteiger partial charge is 0.407 e. The molecule has 2 aromatic carbocycles. The van der Waals surface area contributed by atoms with E-state index in [1.165, 1.54) is 16.0 Å². The molecule has 3 rings (SSSR count). The van der Waals surface area contributed by atoms with E-state index in [4.69, 9.17) is 9.84 Å². The highest BCUT2D eigenvalue weighted by molar-refractivity contribution is 9.10. The number of hydrogen-bond donors (Lipinski definition) is 1. The molecular formula is C20H23BrN2O3. The number of halogens is 1. The summed E-state index contributed by atoms with van der Waals surface area (Å²) in [5.74, 6) is 0.880. The predicted molar refractivity (Wildman–Crippen MR) is 105 cm³/mol. The number of carbonyl (C=O) groups is 1. The van der Waals surface area contributed by atoms with Gasteiger partial charge in [0, 0.05) is 43.6 Å². The molecule has 0 saturated carbocycles. The van der Waals surface area contributed by atoms with Crippen molar-refractivity contribution in [2.75, 3.05) is 32.8 Å². The maximum absolute atomic E-state index is 10.9. The molecule has 1 saturated heterocycles. The third kappa shape index (κ3) is 5.47. The van der Waals surface area contributed by atoms with Crippen molar-refractivity contribution in [2.45, 2.75) is 13.0 Å². The Morgan fingerprint density at radius 2 is 1.58 bits per heavy atom. The van der Waals surface area contributed by atoms with E-state index in [0.29, 0.717) is 19.7 Å². The largest absolute Gasteiger partial charge is 0.493 e. The molecule has 138 valence electrons. The second-order valence-corrected chi connectivity index (χ2v) is 7.33. The second-order valence-electron chi connectivity index (χ2n) is 6.41. The molecule has 6 heteroatoms. The lowest BCUT2D eigenvalue weighted by atomic mass is 10.1. The zero-order valence-electron chi connectivity index (χ0n) is 14.6. The molecule has 0 aliphatic carbocycles. The fourth-order valence-corrected chi connectivity index (χ4v) is 3.25. The van der Waals surface area contributed by atoms with Gasteiger partial charge in [0.1, 0.15) is 5.75 Å². The number of hydrogen-bond acceptors (Lipinski definition) is 3. The lowest BCUT2D eigenvalue weighted by Crippen LogP contribution is -2.47. The van der Waals surface area contributed by atoms with Gasteiger partial charge in [0.05, 0.1) is 6.61 Å². The minimum absolute atomic E-state index is 0.584. The molecule has 26 heavy (non-hydrogen) atoms. The number of rotatable bonds is 6. The third-order valence-electron chi connectivity index (χ3n) is 4.55. The van der Waals surface area contributed by atoms with E-state index in [0.717, 1.165) is 36.3 Å². The normalized spacial score (nSPS) is 15.0. The molecule has 0 radical (unpaired) electrons. The van der Waals surface area contributed by atoms with Gasteiger partial charge >= 0.3 is 6.09 Å². The SMILES string of the molecule is O=C(O)N1CCN(Cc2ccc(CCOc3ccc(Br)cc3)cc2)CC1. The van der Waals surface area contributed by atoms with Gasteiger partial charge in [0.2, 0.25) is 0 Å². The van der Waals surface area contributed by atoms with Gasteiger partial charge in [-0.1, -0.05) is 40.2 Å². The first-order chi connectivity index (χ1) is 12.6. The van der Waals surface area contributed by atoms with Crippen LogP contribution >= 0.6 is 15.9 Å². The van der Waals surface area contributed by atoms with Crippen LogP contribution in [0.1, 0.15) is 11.1 Å². The Labute approximate surface area is 162 Å². The van der Waals surface area contributed by atoms with Gasteiger partial charge in [0.15, 0.2) is 0 Å². The van der Waals surface area contributed by atoms with Crippen molar-refractivity contribution in [1.29, 1.82) is 0 Å². The van der Waals surface area contributed by atoms with Gasteiger partial charge in [-0.25, -0.2) is 4.79 Å². The van der Waals surface area contributed by atoms with Crippen LogP contribution in [0.3, 0.4) is 0 Å². The van der Waals surface area contributed by atoms with Gasteiger partial charge in [-0.3, -0.25) is 4.90 Å². The number of carboxylic acid groups (broad SMARTS) is 1. The lowest BCUT2D eigenvalue weighted by molar-refractivity contribution is 0.103. The molecular weight excluding hydrogens is 396 g/mol. The number of nitrogens with zero attached hydrogens (tertiary/aromatic N) is 2. The number of benzene rings is 2. The van der Waals surface area contributed by atoms with E-state index >= 15 is 0 Å². The van der Waals surface area contributed by atoms with Crippen molar-refractivity contribution < 1.29 is 14.6 Å². The van der Waals surface area contributed by atoms with Crippen molar-refractivity contribution in [3.63, 3.8) is 0 Å². The minimum Gasteiger partial charge on any atom is -0.493 e. The Morgan fingerprint density at radius 3 is 2.19 bits per heavy atom. The summed E-state index contributed by atoms with van der Waals surface area (Å²) in [4.78, 5) is 14.7. The summed E-state index contributed by atoms with van der Waals surface area (Å²) in [5, 5.41) is 9.00. The maximum Gasteiger partial charge on any atom is 0.407 e. The van der Waals surface area contributed by atoms with Crippen LogP contribution in [0.2, 0.25) is 0 Å². The number of piperazine rings is 1. The Morgan fingerprint density at radius 1 is 0.962 bits per heavy atom. The van der Waals surface area contributed by atoms with Crippen LogP contribution in [0.5, 0.6) is 5.75 Å². The highest BCUT2D eigenvalue weighted by atomic mass is 79.9. The summed E-state index contributed by atoms with van der Waals surface area (Å²) in [6.45, 7) is 4.26. The Bertz CT molecular complexity index is 711. The van der Waals surface area contributed by atoms with E-state index in [9.17, 15) is 4.79 Å². The Hall–Kier alpha value is -2.05. The zero-order valence-corrected chi connectivity index (χ0v) is 16.2. The van der Waals surface area contributed by atoms with Crippen molar-refractivity contribution >= 4 is 22.0 Å². The van der Waals surface area contributed by atoms with Gasteiger partial charge in [0.25, 0.3) is 0 Å². The highest BCUT2D eigenvalue weighted by Gasteiger charge is 2.20. The first-order valence-corrected chi connectivity index (χ1v) is 9.56. The van der Waals surface area contributed by atoms with Crippen LogP contribution < -0.4 is 4.74 Å². The molecule has 1 aliphatic heterocycles. The molecule has 0 bridgehead atoms. The minimum atomic E-state index is -0.820. The van der Waals surface area contributed by atoms with Crippen LogP contribution in [-0.2, 0) is 13.0 Å². The first-order valence-electron chi connectivity index (χ1n) is 8.76. The molecule has 2 aromatic rings. The fraction of sp³-hybridized carbons (Fsp3) is 0.350. The molecule has 1 N–H and O–H groups in total. The molecule has 0 atom stereocenters. The molecule has 1 heterocycles. The van der Waals surface area contributed by atoms with Crippen molar-refractivity contribution in [2.24, 2.45) is 0 Å². The quantitative estimate of drug-likeness (QED) is 0.773. The maximum atomic E-state index is 10.9. The summed E-state index contributed by atoms with van der Waals surface area (Å²) in [6.07, 6.45) is 0.0486. The summed E-state index contributed by atoms with van der Waals surface area (Å²) < 4.78 is 6.81. The molecule has 1 fully saturated rings. The van der Waals surface area contributed by atoms with E-state index in [-0.39, 0.29) is 0 Å². The van der Waals surface area contributed by atoms with Crippen LogP contribution in [0.15, 0.2) is 53.0 Å². The average Bonchev–Trinajstić information content (AvgIpc) is 2.65. The monoisotopic (exact) mass is 418 g/mol. The van der Waals surface area contributed by atoms with Crippen LogP contribution in [0, 0.1) is 0 Å². The van der Waals surface area contributed by atoms with Gasteiger partial charge in [-0.15, -0.1) is 0 Å². The molecule has 5 nitrogen and oxygen atoms in total.